The predicted molar refractivity (Wildman–Crippen MR) is 94.7 cm³/mol. The lowest BCUT2D eigenvalue weighted by molar-refractivity contribution is 0.0948. The Hall–Kier alpha value is -2.36. The topological polar surface area (TPSA) is 54.0 Å². The maximum atomic E-state index is 12.1. The largest absolute Gasteiger partial charge is 0.381 e. The molecule has 2 aromatic rings. The molecule has 0 spiro atoms. The molecule has 1 amide bonds. The Morgan fingerprint density at radius 1 is 1.17 bits per heavy atom. The number of amides is 1. The summed E-state index contributed by atoms with van der Waals surface area (Å²) in [7, 11) is 0. The van der Waals surface area contributed by atoms with Crippen LogP contribution in [0.25, 0.3) is 0 Å². The quantitative estimate of drug-likeness (QED) is 0.732. The highest BCUT2D eigenvalue weighted by Crippen LogP contribution is 2.09. The zero-order chi connectivity index (χ0) is 16.5. The fourth-order valence-electron chi connectivity index (χ4n) is 2.23. The zero-order valence-electron chi connectivity index (χ0n) is 13.9. The Labute approximate surface area is 138 Å². The maximum absolute atomic E-state index is 12.1. The van der Waals surface area contributed by atoms with E-state index in [1.165, 1.54) is 5.56 Å². The summed E-state index contributed by atoms with van der Waals surface area (Å²) in [6.45, 7) is 4.90. The van der Waals surface area contributed by atoms with E-state index in [4.69, 9.17) is 0 Å². The molecule has 0 aliphatic heterocycles. The number of hydrogen-bond donors (Lipinski definition) is 2. The molecular weight excluding hydrogens is 286 g/mol. The van der Waals surface area contributed by atoms with Gasteiger partial charge in [0.15, 0.2) is 0 Å². The fraction of sp³-hybridized carbons (Fsp3) is 0.368. The molecule has 2 N–H and O–H groups in total. The van der Waals surface area contributed by atoms with E-state index in [1.54, 1.807) is 12.3 Å². The summed E-state index contributed by atoms with van der Waals surface area (Å²) in [4.78, 5) is 16.3. The first-order valence-electron chi connectivity index (χ1n) is 8.23. The molecule has 1 heterocycles. The van der Waals surface area contributed by atoms with Crippen LogP contribution in [0.2, 0.25) is 0 Å². The minimum atomic E-state index is -0.117. The molecule has 122 valence electrons. The monoisotopic (exact) mass is 311 g/mol. The summed E-state index contributed by atoms with van der Waals surface area (Å²) in [6.07, 6.45) is 4.64. The second-order valence-corrected chi connectivity index (χ2v) is 5.73. The van der Waals surface area contributed by atoms with Crippen molar-refractivity contribution in [3.63, 3.8) is 0 Å². The Bertz CT molecular complexity index is 596. The molecule has 1 atom stereocenters. The molecule has 0 aliphatic carbocycles. The number of aromatic nitrogens is 1. The Balaban J connectivity index is 1.75. The van der Waals surface area contributed by atoms with Crippen LogP contribution in [0, 0.1) is 0 Å². The molecule has 0 saturated heterocycles. The van der Waals surface area contributed by atoms with E-state index in [0.29, 0.717) is 18.3 Å². The van der Waals surface area contributed by atoms with Crippen LogP contribution >= 0.6 is 0 Å². The van der Waals surface area contributed by atoms with Crippen molar-refractivity contribution in [3.8, 4) is 0 Å². The van der Waals surface area contributed by atoms with Gasteiger partial charge >= 0.3 is 0 Å². The van der Waals surface area contributed by atoms with Crippen LogP contribution in [0.1, 0.15) is 42.7 Å². The molecule has 0 aliphatic rings. The number of hydrogen-bond acceptors (Lipinski definition) is 3. The van der Waals surface area contributed by atoms with Gasteiger partial charge in [0.2, 0.25) is 0 Å². The molecule has 23 heavy (non-hydrogen) atoms. The first-order valence-corrected chi connectivity index (χ1v) is 8.23. The van der Waals surface area contributed by atoms with Gasteiger partial charge in [-0.25, -0.2) is 4.98 Å². The van der Waals surface area contributed by atoms with Gasteiger partial charge in [-0.2, -0.15) is 0 Å². The van der Waals surface area contributed by atoms with Gasteiger partial charge in [0.25, 0.3) is 5.91 Å². The molecular formula is C19H25N3O. The highest BCUT2D eigenvalue weighted by atomic mass is 16.1. The van der Waals surface area contributed by atoms with E-state index < -0.39 is 0 Å². The number of carbonyl (C=O) groups is 1. The molecule has 2 rings (SSSR count). The van der Waals surface area contributed by atoms with Crippen molar-refractivity contribution in [3.05, 3.63) is 59.9 Å². The highest BCUT2D eigenvalue weighted by molar-refractivity contribution is 5.92. The summed E-state index contributed by atoms with van der Waals surface area (Å²) < 4.78 is 0. The van der Waals surface area contributed by atoms with E-state index in [1.807, 2.05) is 24.3 Å². The van der Waals surface area contributed by atoms with Crippen molar-refractivity contribution in [2.45, 2.75) is 39.2 Å². The summed E-state index contributed by atoms with van der Waals surface area (Å²) >= 11 is 0. The summed E-state index contributed by atoms with van der Waals surface area (Å²) in [5.41, 5.74) is 2.69. The number of nitrogens with one attached hydrogen (secondary N) is 2. The van der Waals surface area contributed by atoms with Crippen LogP contribution in [0.4, 0.5) is 5.69 Å². The van der Waals surface area contributed by atoms with Crippen molar-refractivity contribution in [1.82, 2.24) is 10.3 Å². The Morgan fingerprint density at radius 2 is 1.96 bits per heavy atom. The van der Waals surface area contributed by atoms with Gasteiger partial charge in [-0.1, -0.05) is 37.3 Å². The third-order valence-electron chi connectivity index (χ3n) is 3.79. The third-order valence-corrected chi connectivity index (χ3v) is 3.79. The first-order chi connectivity index (χ1) is 11.2. The van der Waals surface area contributed by atoms with E-state index >= 15 is 0 Å². The Kier molecular flexibility index (Phi) is 6.60. The van der Waals surface area contributed by atoms with Crippen molar-refractivity contribution < 1.29 is 4.79 Å². The molecule has 0 fully saturated rings. The number of rotatable bonds is 8. The van der Waals surface area contributed by atoms with Gasteiger partial charge in [-0.05, 0) is 43.9 Å². The van der Waals surface area contributed by atoms with Crippen molar-refractivity contribution in [1.29, 1.82) is 0 Å². The first kappa shape index (κ1) is 17.0. The standard InChI is InChI=1S/C19H25N3O/c1-3-15(2)22-17-11-12-18(21-14-17)19(23)20-13-7-10-16-8-5-4-6-9-16/h4-6,8-9,11-12,14-15,22H,3,7,10,13H2,1-2H3,(H,20,23). The van der Waals surface area contributed by atoms with Crippen LogP contribution in [0.3, 0.4) is 0 Å². The van der Waals surface area contributed by atoms with E-state index in [2.05, 4.69) is 41.6 Å². The summed E-state index contributed by atoms with van der Waals surface area (Å²) in [5, 5.41) is 6.25. The maximum Gasteiger partial charge on any atom is 0.269 e. The molecule has 4 nitrogen and oxygen atoms in total. The van der Waals surface area contributed by atoms with Crippen LogP contribution in [-0.2, 0) is 6.42 Å². The van der Waals surface area contributed by atoms with Crippen molar-refractivity contribution >= 4 is 11.6 Å². The lowest BCUT2D eigenvalue weighted by Gasteiger charge is -2.12. The second-order valence-electron chi connectivity index (χ2n) is 5.73. The van der Waals surface area contributed by atoms with Crippen LogP contribution in [0.15, 0.2) is 48.7 Å². The molecule has 1 unspecified atom stereocenters. The lowest BCUT2D eigenvalue weighted by atomic mass is 10.1. The number of benzene rings is 1. The van der Waals surface area contributed by atoms with Crippen LogP contribution < -0.4 is 10.6 Å². The molecule has 4 heteroatoms. The van der Waals surface area contributed by atoms with Crippen molar-refractivity contribution in [2.24, 2.45) is 0 Å². The predicted octanol–water partition coefficient (Wildman–Crippen LogP) is 3.65. The van der Waals surface area contributed by atoms with Crippen LogP contribution in [0.5, 0.6) is 0 Å². The van der Waals surface area contributed by atoms with Gasteiger partial charge in [0, 0.05) is 12.6 Å². The zero-order valence-corrected chi connectivity index (χ0v) is 13.9. The summed E-state index contributed by atoms with van der Waals surface area (Å²) in [6, 6.07) is 14.3. The van der Waals surface area contributed by atoms with Crippen molar-refractivity contribution in [2.75, 3.05) is 11.9 Å². The van der Waals surface area contributed by atoms with Gasteiger partial charge in [0.1, 0.15) is 5.69 Å². The number of nitrogens with zero attached hydrogens (tertiary/aromatic N) is 1. The number of aryl methyl sites for hydroxylation is 1. The SMILES string of the molecule is CCC(C)Nc1ccc(C(=O)NCCCc2ccccc2)nc1. The number of pyridine rings is 1. The summed E-state index contributed by atoms with van der Waals surface area (Å²) in [5.74, 6) is -0.117. The second kappa shape index (κ2) is 8.93. The molecule has 0 bridgehead atoms. The van der Waals surface area contributed by atoms with Crippen LogP contribution in [-0.4, -0.2) is 23.5 Å². The molecule has 0 saturated carbocycles. The molecule has 1 aromatic heterocycles. The minimum Gasteiger partial charge on any atom is -0.381 e. The van der Waals surface area contributed by atoms with Gasteiger partial charge < -0.3 is 10.6 Å². The van der Waals surface area contributed by atoms with Gasteiger partial charge in [-0.15, -0.1) is 0 Å². The molecule has 0 radical (unpaired) electrons. The number of carbonyl (C=O) groups excluding carboxylic acids is 1. The average molecular weight is 311 g/mol. The van der Waals surface area contributed by atoms with Gasteiger partial charge in [0.05, 0.1) is 11.9 Å². The Morgan fingerprint density at radius 3 is 2.61 bits per heavy atom. The molecule has 1 aromatic carbocycles. The number of anilines is 1. The normalized spacial score (nSPS) is 11.7. The lowest BCUT2D eigenvalue weighted by Crippen LogP contribution is -2.25. The van der Waals surface area contributed by atoms with E-state index in [0.717, 1.165) is 24.9 Å². The third kappa shape index (κ3) is 5.74. The smallest absolute Gasteiger partial charge is 0.269 e. The average Bonchev–Trinajstić information content (AvgIpc) is 2.60. The van der Waals surface area contributed by atoms with E-state index in [9.17, 15) is 4.79 Å². The minimum absolute atomic E-state index is 0.117. The van der Waals surface area contributed by atoms with E-state index in [-0.39, 0.29) is 5.91 Å². The fourth-order valence-corrected chi connectivity index (χ4v) is 2.23. The van der Waals surface area contributed by atoms with Gasteiger partial charge in [-0.3, -0.25) is 4.79 Å². The highest BCUT2D eigenvalue weighted by Gasteiger charge is 2.07.